The lowest BCUT2D eigenvalue weighted by Gasteiger charge is -2.25. The highest BCUT2D eigenvalue weighted by molar-refractivity contribution is 5.77. The van der Waals surface area contributed by atoms with Gasteiger partial charge in [0.05, 0.1) is 0 Å². The van der Waals surface area contributed by atoms with Crippen molar-refractivity contribution in [3.05, 3.63) is 59.7 Å². The number of carbonyl (C=O) groups is 1. The lowest BCUT2D eigenvalue weighted by molar-refractivity contribution is -0.132. The van der Waals surface area contributed by atoms with Gasteiger partial charge in [0.25, 0.3) is 0 Å². The van der Waals surface area contributed by atoms with Crippen LogP contribution in [0.3, 0.4) is 0 Å². The van der Waals surface area contributed by atoms with E-state index in [-0.39, 0.29) is 0 Å². The van der Waals surface area contributed by atoms with Crippen molar-refractivity contribution in [3.63, 3.8) is 0 Å². The second-order valence-corrected chi connectivity index (χ2v) is 7.35. The zero-order valence-corrected chi connectivity index (χ0v) is 14.9. The molecular formula is C22H26N2O. The van der Waals surface area contributed by atoms with Gasteiger partial charge in [0.1, 0.15) is 0 Å². The van der Waals surface area contributed by atoms with Crippen molar-refractivity contribution in [1.29, 1.82) is 0 Å². The van der Waals surface area contributed by atoms with Crippen molar-refractivity contribution in [1.82, 2.24) is 9.80 Å². The van der Waals surface area contributed by atoms with Gasteiger partial charge in [-0.05, 0) is 42.0 Å². The Bertz CT molecular complexity index is 723. The number of benzene rings is 2. The topological polar surface area (TPSA) is 23.6 Å². The van der Waals surface area contributed by atoms with Gasteiger partial charge < -0.3 is 4.90 Å². The molecule has 0 aromatic heterocycles. The van der Waals surface area contributed by atoms with Crippen LogP contribution >= 0.6 is 0 Å². The summed E-state index contributed by atoms with van der Waals surface area (Å²) < 4.78 is 0. The smallest absolute Gasteiger partial charge is 0.224 e. The van der Waals surface area contributed by atoms with Crippen LogP contribution in [0.25, 0.3) is 11.1 Å². The lowest BCUT2D eigenvalue weighted by atomic mass is 9.97. The van der Waals surface area contributed by atoms with Crippen molar-refractivity contribution in [2.75, 3.05) is 13.1 Å². The SMILES string of the molecule is C[C@@H]1CCCN1C(=O)CCN1Cc2ccccc2-c2ccccc2C1. The molecule has 0 aliphatic carbocycles. The van der Waals surface area contributed by atoms with Crippen LogP contribution in [0, 0.1) is 0 Å². The molecule has 2 aliphatic heterocycles. The third kappa shape index (κ3) is 3.34. The quantitative estimate of drug-likeness (QED) is 0.845. The van der Waals surface area contributed by atoms with Gasteiger partial charge in [0.15, 0.2) is 0 Å². The van der Waals surface area contributed by atoms with Gasteiger partial charge >= 0.3 is 0 Å². The van der Waals surface area contributed by atoms with Crippen LogP contribution in [0.2, 0.25) is 0 Å². The average molecular weight is 334 g/mol. The minimum absolute atomic E-state index is 0.316. The molecule has 3 heteroatoms. The Labute approximate surface area is 150 Å². The highest BCUT2D eigenvalue weighted by atomic mass is 16.2. The third-order valence-electron chi connectivity index (χ3n) is 5.63. The monoisotopic (exact) mass is 334 g/mol. The summed E-state index contributed by atoms with van der Waals surface area (Å²) in [4.78, 5) is 17.1. The Morgan fingerprint density at radius 1 is 1.00 bits per heavy atom. The van der Waals surface area contributed by atoms with Gasteiger partial charge in [-0.1, -0.05) is 48.5 Å². The van der Waals surface area contributed by atoms with E-state index in [0.717, 1.165) is 39.0 Å². The number of hydrogen-bond donors (Lipinski definition) is 0. The zero-order chi connectivity index (χ0) is 17.2. The number of carbonyl (C=O) groups excluding carboxylic acids is 1. The van der Waals surface area contributed by atoms with Gasteiger partial charge in [0, 0.05) is 38.6 Å². The summed E-state index contributed by atoms with van der Waals surface area (Å²) in [6.45, 7) is 5.75. The number of fused-ring (bicyclic) bond motifs is 3. The van der Waals surface area contributed by atoms with Crippen LogP contribution in [0.15, 0.2) is 48.5 Å². The summed E-state index contributed by atoms with van der Waals surface area (Å²) in [5.41, 5.74) is 5.38. The van der Waals surface area contributed by atoms with Crippen molar-refractivity contribution in [2.45, 2.75) is 45.3 Å². The molecule has 0 spiro atoms. The molecule has 0 N–H and O–H groups in total. The molecule has 0 saturated carbocycles. The fourth-order valence-corrected chi connectivity index (χ4v) is 4.24. The highest BCUT2D eigenvalue weighted by Crippen LogP contribution is 2.32. The molecule has 1 amide bonds. The van der Waals surface area contributed by atoms with E-state index in [1.54, 1.807) is 0 Å². The summed E-state index contributed by atoms with van der Waals surface area (Å²) in [6.07, 6.45) is 2.92. The molecule has 2 aromatic rings. The zero-order valence-electron chi connectivity index (χ0n) is 14.9. The molecule has 2 heterocycles. The Hall–Kier alpha value is -2.13. The molecule has 4 rings (SSSR count). The number of rotatable bonds is 3. The van der Waals surface area contributed by atoms with E-state index >= 15 is 0 Å². The summed E-state index contributed by atoms with van der Waals surface area (Å²) >= 11 is 0. The van der Waals surface area contributed by atoms with Gasteiger partial charge in [0.2, 0.25) is 5.91 Å². The van der Waals surface area contributed by atoms with Crippen LogP contribution in [-0.2, 0) is 17.9 Å². The molecule has 1 atom stereocenters. The van der Waals surface area contributed by atoms with Crippen LogP contribution in [0.4, 0.5) is 0 Å². The molecule has 2 aliphatic rings. The molecule has 0 bridgehead atoms. The Balaban J connectivity index is 1.51. The van der Waals surface area contributed by atoms with Crippen molar-refractivity contribution >= 4 is 5.91 Å². The first-order valence-electron chi connectivity index (χ1n) is 9.40. The van der Waals surface area contributed by atoms with Crippen molar-refractivity contribution in [3.8, 4) is 11.1 Å². The first-order chi connectivity index (χ1) is 12.2. The Morgan fingerprint density at radius 2 is 1.60 bits per heavy atom. The molecule has 130 valence electrons. The molecule has 2 aromatic carbocycles. The van der Waals surface area contributed by atoms with Gasteiger partial charge in [-0.25, -0.2) is 0 Å². The number of amides is 1. The molecule has 1 saturated heterocycles. The van der Waals surface area contributed by atoms with Crippen LogP contribution < -0.4 is 0 Å². The standard InChI is InChI=1S/C22H26N2O/c1-17-7-6-13-24(17)22(25)12-14-23-15-18-8-2-4-10-20(18)21-11-5-3-9-19(21)16-23/h2-5,8-11,17H,6-7,12-16H2,1H3/t17-/m1/s1. The number of likely N-dealkylation sites (tertiary alicyclic amines) is 1. The maximum atomic E-state index is 12.6. The first-order valence-corrected chi connectivity index (χ1v) is 9.40. The fraction of sp³-hybridized carbons (Fsp3) is 0.409. The predicted molar refractivity (Wildman–Crippen MR) is 101 cm³/mol. The van der Waals surface area contributed by atoms with E-state index in [2.05, 4.69) is 65.3 Å². The van der Waals surface area contributed by atoms with E-state index in [9.17, 15) is 4.79 Å². The van der Waals surface area contributed by atoms with Gasteiger partial charge in [-0.2, -0.15) is 0 Å². The largest absolute Gasteiger partial charge is 0.340 e. The molecular weight excluding hydrogens is 308 g/mol. The normalized spacial score (nSPS) is 20.0. The van der Waals surface area contributed by atoms with Crippen LogP contribution in [0.5, 0.6) is 0 Å². The maximum absolute atomic E-state index is 12.6. The number of nitrogens with zero attached hydrogens (tertiary/aromatic N) is 2. The molecule has 0 unspecified atom stereocenters. The maximum Gasteiger partial charge on any atom is 0.224 e. The Morgan fingerprint density at radius 3 is 2.16 bits per heavy atom. The second-order valence-electron chi connectivity index (χ2n) is 7.35. The van der Waals surface area contributed by atoms with Crippen molar-refractivity contribution < 1.29 is 4.79 Å². The van der Waals surface area contributed by atoms with E-state index in [0.29, 0.717) is 18.4 Å². The van der Waals surface area contributed by atoms with Crippen LogP contribution in [-0.4, -0.2) is 34.8 Å². The summed E-state index contributed by atoms with van der Waals surface area (Å²) in [5.74, 6) is 0.316. The Kier molecular flexibility index (Phi) is 4.58. The molecule has 0 radical (unpaired) electrons. The van der Waals surface area contributed by atoms with E-state index in [1.807, 2.05) is 0 Å². The van der Waals surface area contributed by atoms with Crippen molar-refractivity contribution in [2.24, 2.45) is 0 Å². The summed E-state index contributed by atoms with van der Waals surface area (Å²) in [5, 5.41) is 0. The summed E-state index contributed by atoms with van der Waals surface area (Å²) in [6, 6.07) is 17.7. The molecule has 3 nitrogen and oxygen atoms in total. The third-order valence-corrected chi connectivity index (χ3v) is 5.63. The second kappa shape index (κ2) is 7.01. The fourth-order valence-electron chi connectivity index (χ4n) is 4.24. The van der Waals surface area contributed by atoms with Crippen LogP contribution in [0.1, 0.15) is 37.3 Å². The predicted octanol–water partition coefficient (Wildman–Crippen LogP) is 4.07. The van der Waals surface area contributed by atoms with E-state index in [4.69, 9.17) is 0 Å². The lowest BCUT2D eigenvalue weighted by Crippen LogP contribution is -2.36. The minimum Gasteiger partial charge on any atom is -0.340 e. The average Bonchev–Trinajstić information content (AvgIpc) is 2.99. The van der Waals surface area contributed by atoms with E-state index < -0.39 is 0 Å². The number of hydrogen-bond acceptors (Lipinski definition) is 2. The molecule has 25 heavy (non-hydrogen) atoms. The van der Waals surface area contributed by atoms with E-state index in [1.165, 1.54) is 22.3 Å². The summed E-state index contributed by atoms with van der Waals surface area (Å²) in [7, 11) is 0. The highest BCUT2D eigenvalue weighted by Gasteiger charge is 2.26. The minimum atomic E-state index is 0.316. The molecule has 1 fully saturated rings. The van der Waals surface area contributed by atoms with Gasteiger partial charge in [-0.15, -0.1) is 0 Å². The van der Waals surface area contributed by atoms with Gasteiger partial charge in [-0.3, -0.25) is 9.69 Å². The first kappa shape index (κ1) is 16.3.